The van der Waals surface area contributed by atoms with Gasteiger partial charge in [0.1, 0.15) is 5.75 Å². The van der Waals surface area contributed by atoms with Crippen molar-refractivity contribution < 1.29 is 24.0 Å². The minimum atomic E-state index is -0.670. The molecule has 0 radical (unpaired) electrons. The minimum absolute atomic E-state index is 0.0896. The Balaban J connectivity index is 2.53. The van der Waals surface area contributed by atoms with E-state index >= 15 is 0 Å². The lowest BCUT2D eigenvalue weighted by Crippen LogP contribution is -2.12. The van der Waals surface area contributed by atoms with Gasteiger partial charge in [0.2, 0.25) is 0 Å². The Morgan fingerprint density at radius 2 is 2.21 bits per heavy atom. The van der Waals surface area contributed by atoms with Crippen LogP contribution in [-0.4, -0.2) is 24.0 Å². The normalized spacial score (nSPS) is 13.7. The molecule has 7 nitrogen and oxygen atoms in total. The van der Waals surface area contributed by atoms with Gasteiger partial charge in [-0.15, -0.1) is 0 Å². The molecule has 1 aliphatic rings. The van der Waals surface area contributed by atoms with Gasteiger partial charge in [-0.1, -0.05) is 0 Å². The molecule has 1 aliphatic heterocycles. The highest BCUT2D eigenvalue weighted by Gasteiger charge is 2.22. The number of nitro benzene ring substituents is 1. The van der Waals surface area contributed by atoms with E-state index in [1.165, 1.54) is 31.4 Å². The van der Waals surface area contributed by atoms with Crippen molar-refractivity contribution in [1.29, 1.82) is 0 Å². The van der Waals surface area contributed by atoms with E-state index in [9.17, 15) is 19.7 Å². The molecule has 0 saturated heterocycles. The van der Waals surface area contributed by atoms with E-state index in [-0.39, 0.29) is 23.4 Å². The number of methoxy groups -OCH3 is 1. The molecule has 2 rings (SSSR count). The quantitative estimate of drug-likeness (QED) is 0.347. The molecule has 0 unspecified atom stereocenters. The average Bonchev–Trinajstić information content (AvgIpc) is 2.54. The summed E-state index contributed by atoms with van der Waals surface area (Å²) in [5.41, 5.74) is 0.226. The molecule has 1 heterocycles. The Labute approximate surface area is 107 Å². The lowest BCUT2D eigenvalue weighted by Gasteiger charge is -2.03. The fourth-order valence-corrected chi connectivity index (χ4v) is 1.67. The van der Waals surface area contributed by atoms with Gasteiger partial charge in [-0.2, -0.15) is 0 Å². The third kappa shape index (κ3) is 2.59. The second-order valence-corrected chi connectivity index (χ2v) is 3.79. The van der Waals surface area contributed by atoms with E-state index in [2.05, 4.69) is 4.74 Å². The van der Waals surface area contributed by atoms with Crippen molar-refractivity contribution in [3.05, 3.63) is 39.4 Å². The number of fused-ring (bicyclic) bond motifs is 1. The SMILES string of the molecule is COC(=O)C1=Cc2cc([N+](=O)[O-])ccc2OC(=O)C1. The van der Waals surface area contributed by atoms with Gasteiger partial charge in [-0.25, -0.2) is 4.79 Å². The number of ether oxygens (including phenoxy) is 2. The highest BCUT2D eigenvalue weighted by molar-refractivity contribution is 6.00. The smallest absolute Gasteiger partial charge is 0.334 e. The summed E-state index contributed by atoms with van der Waals surface area (Å²) in [6.07, 6.45) is 1.12. The first kappa shape index (κ1) is 12.7. The summed E-state index contributed by atoms with van der Waals surface area (Å²) in [4.78, 5) is 33.1. The summed E-state index contributed by atoms with van der Waals surface area (Å²) in [6, 6.07) is 3.78. The van der Waals surface area contributed by atoms with Crippen LogP contribution in [0, 0.1) is 10.1 Å². The zero-order chi connectivity index (χ0) is 14.0. The maximum atomic E-state index is 11.5. The van der Waals surface area contributed by atoms with E-state index in [1.807, 2.05) is 0 Å². The van der Waals surface area contributed by atoms with Gasteiger partial charge in [-0.3, -0.25) is 14.9 Å². The zero-order valence-corrected chi connectivity index (χ0v) is 9.91. The number of nitrogens with zero attached hydrogens (tertiary/aromatic N) is 1. The predicted molar refractivity (Wildman–Crippen MR) is 63.3 cm³/mol. The van der Waals surface area contributed by atoms with Gasteiger partial charge in [0.15, 0.2) is 0 Å². The summed E-state index contributed by atoms with van der Waals surface area (Å²) in [5, 5.41) is 10.7. The molecule has 0 aromatic heterocycles. The standard InChI is InChI=1S/C12H9NO6/c1-18-12(15)8-4-7-5-9(13(16)17)2-3-10(7)19-11(14)6-8/h2-5H,6H2,1H3. The number of hydrogen-bond acceptors (Lipinski definition) is 6. The molecule has 19 heavy (non-hydrogen) atoms. The second kappa shape index (κ2) is 4.89. The van der Waals surface area contributed by atoms with Crippen LogP contribution in [0.1, 0.15) is 12.0 Å². The van der Waals surface area contributed by atoms with Crippen molar-refractivity contribution in [1.82, 2.24) is 0 Å². The van der Waals surface area contributed by atoms with Crippen molar-refractivity contribution in [2.24, 2.45) is 0 Å². The molecule has 1 aromatic carbocycles. The Morgan fingerprint density at radius 3 is 2.84 bits per heavy atom. The lowest BCUT2D eigenvalue weighted by atomic mass is 10.1. The highest BCUT2D eigenvalue weighted by atomic mass is 16.6. The second-order valence-electron chi connectivity index (χ2n) is 3.79. The topological polar surface area (TPSA) is 95.7 Å². The van der Waals surface area contributed by atoms with Gasteiger partial charge in [-0.05, 0) is 12.1 Å². The Morgan fingerprint density at radius 1 is 1.47 bits per heavy atom. The average molecular weight is 263 g/mol. The molecule has 0 saturated carbocycles. The van der Waals surface area contributed by atoms with Gasteiger partial charge in [0.25, 0.3) is 5.69 Å². The summed E-state index contributed by atoms with van der Waals surface area (Å²) < 4.78 is 9.53. The first-order valence-electron chi connectivity index (χ1n) is 5.29. The number of hydrogen-bond donors (Lipinski definition) is 0. The van der Waals surface area contributed by atoms with Gasteiger partial charge in [0, 0.05) is 23.3 Å². The maximum Gasteiger partial charge on any atom is 0.334 e. The summed E-state index contributed by atoms with van der Waals surface area (Å²) >= 11 is 0. The molecule has 0 atom stereocenters. The fraction of sp³-hybridized carbons (Fsp3) is 0.167. The van der Waals surface area contributed by atoms with Gasteiger partial charge < -0.3 is 9.47 Å². The van der Waals surface area contributed by atoms with Crippen molar-refractivity contribution in [2.45, 2.75) is 6.42 Å². The Kier molecular flexibility index (Phi) is 3.28. The van der Waals surface area contributed by atoms with Gasteiger partial charge >= 0.3 is 11.9 Å². The largest absolute Gasteiger partial charge is 0.466 e. The number of carbonyl (C=O) groups is 2. The molecule has 0 bridgehead atoms. The highest BCUT2D eigenvalue weighted by Crippen LogP contribution is 2.30. The van der Waals surface area contributed by atoms with E-state index in [1.54, 1.807) is 0 Å². The van der Waals surface area contributed by atoms with E-state index in [4.69, 9.17) is 4.74 Å². The number of carbonyl (C=O) groups excluding carboxylic acids is 2. The van der Waals surface area contributed by atoms with Gasteiger partial charge in [0.05, 0.1) is 18.5 Å². The summed E-state index contributed by atoms with van der Waals surface area (Å²) in [7, 11) is 1.19. The van der Waals surface area contributed by atoms with Crippen LogP contribution in [0.2, 0.25) is 0 Å². The first-order chi connectivity index (χ1) is 9.01. The zero-order valence-electron chi connectivity index (χ0n) is 9.91. The number of non-ortho nitro benzene ring substituents is 1. The van der Waals surface area contributed by atoms with Crippen LogP contribution in [0.5, 0.6) is 5.75 Å². The molecule has 1 aromatic rings. The van der Waals surface area contributed by atoms with Crippen LogP contribution < -0.4 is 4.74 Å². The van der Waals surface area contributed by atoms with E-state index < -0.39 is 16.9 Å². The predicted octanol–water partition coefficient (Wildman–Crippen LogP) is 1.46. The number of nitro groups is 1. The third-order valence-electron chi connectivity index (χ3n) is 2.54. The Bertz CT molecular complexity index is 604. The molecular formula is C12H9NO6. The minimum Gasteiger partial charge on any atom is -0.466 e. The van der Waals surface area contributed by atoms with Crippen LogP contribution in [-0.2, 0) is 14.3 Å². The lowest BCUT2D eigenvalue weighted by molar-refractivity contribution is -0.384. The molecule has 0 spiro atoms. The maximum absolute atomic E-state index is 11.5. The van der Waals surface area contributed by atoms with E-state index in [0.717, 1.165) is 0 Å². The molecule has 98 valence electrons. The van der Waals surface area contributed by atoms with Crippen LogP contribution in [0.25, 0.3) is 6.08 Å². The van der Waals surface area contributed by atoms with Crippen molar-refractivity contribution in [3.63, 3.8) is 0 Å². The van der Waals surface area contributed by atoms with E-state index in [0.29, 0.717) is 5.56 Å². The van der Waals surface area contributed by atoms with Crippen LogP contribution in [0.15, 0.2) is 23.8 Å². The molecule has 0 amide bonds. The summed E-state index contributed by atoms with van der Waals surface area (Å²) in [5.74, 6) is -1.12. The molecule has 0 aliphatic carbocycles. The van der Waals surface area contributed by atoms with Crippen molar-refractivity contribution in [3.8, 4) is 5.75 Å². The fourth-order valence-electron chi connectivity index (χ4n) is 1.67. The van der Waals surface area contributed by atoms with Crippen molar-refractivity contribution in [2.75, 3.05) is 7.11 Å². The molecule has 7 heteroatoms. The molecule has 0 fully saturated rings. The summed E-state index contributed by atoms with van der Waals surface area (Å²) in [6.45, 7) is 0. The number of benzene rings is 1. The number of esters is 2. The molecule has 0 N–H and O–H groups in total. The molecular weight excluding hydrogens is 254 g/mol. The monoisotopic (exact) mass is 263 g/mol. The van der Waals surface area contributed by atoms with Crippen molar-refractivity contribution >= 4 is 23.7 Å². The van der Waals surface area contributed by atoms with Crippen LogP contribution in [0.3, 0.4) is 0 Å². The Hall–Kier alpha value is -2.70. The number of rotatable bonds is 2. The van der Waals surface area contributed by atoms with Crippen LogP contribution >= 0.6 is 0 Å². The third-order valence-corrected chi connectivity index (χ3v) is 2.54. The van der Waals surface area contributed by atoms with Crippen LogP contribution in [0.4, 0.5) is 5.69 Å². The first-order valence-corrected chi connectivity index (χ1v) is 5.29.